The molecule has 3 heterocycles. The van der Waals surface area contributed by atoms with Crippen LogP contribution in [0, 0.1) is 5.41 Å². The van der Waals surface area contributed by atoms with E-state index in [-0.39, 0.29) is 23.6 Å². The minimum absolute atomic E-state index is 0.135. The van der Waals surface area contributed by atoms with Crippen LogP contribution in [-0.4, -0.2) is 49.6 Å². The molecule has 8 nitrogen and oxygen atoms in total. The van der Waals surface area contributed by atoms with E-state index in [1.807, 2.05) is 0 Å². The number of para-hydroxylation sites is 1. The number of nitrogens with zero attached hydrogens (tertiary/aromatic N) is 3. The standard InChI is InChI=1S/C17H16N4O4/c1-17(16(24)25)6-7-20(9-17)15(23)11-8-18-21-12-5-3-2-4-10(12)14(22)19-13(11)21/h2-5,8H,6-7,9H2,1H3,(H,19,22)(H,24,25). The van der Waals surface area contributed by atoms with Crippen molar-refractivity contribution in [1.29, 1.82) is 0 Å². The molecule has 0 spiro atoms. The largest absolute Gasteiger partial charge is 0.481 e. The first-order valence-corrected chi connectivity index (χ1v) is 7.92. The van der Waals surface area contributed by atoms with Gasteiger partial charge in [0.2, 0.25) is 0 Å². The van der Waals surface area contributed by atoms with E-state index in [0.29, 0.717) is 29.5 Å². The average molecular weight is 340 g/mol. The number of rotatable bonds is 2. The Morgan fingerprint density at radius 1 is 1.32 bits per heavy atom. The van der Waals surface area contributed by atoms with Crippen LogP contribution in [0.15, 0.2) is 35.3 Å². The summed E-state index contributed by atoms with van der Waals surface area (Å²) >= 11 is 0. The highest BCUT2D eigenvalue weighted by molar-refractivity contribution is 6.01. The molecular weight excluding hydrogens is 324 g/mol. The number of likely N-dealkylation sites (tertiary alicyclic amines) is 1. The number of hydrogen-bond donors (Lipinski definition) is 2. The normalized spacial score (nSPS) is 20.4. The van der Waals surface area contributed by atoms with Gasteiger partial charge in [-0.1, -0.05) is 12.1 Å². The number of H-pyrrole nitrogens is 1. The van der Waals surface area contributed by atoms with Gasteiger partial charge in [0.1, 0.15) is 11.2 Å². The first-order chi connectivity index (χ1) is 11.9. The molecule has 128 valence electrons. The number of aromatic amines is 1. The van der Waals surface area contributed by atoms with Crippen LogP contribution in [0.2, 0.25) is 0 Å². The fraction of sp³-hybridized carbons (Fsp3) is 0.294. The third-order valence-corrected chi connectivity index (χ3v) is 4.89. The predicted octanol–water partition coefficient (Wildman–Crippen LogP) is 1.11. The summed E-state index contributed by atoms with van der Waals surface area (Å²) in [7, 11) is 0. The highest BCUT2D eigenvalue weighted by atomic mass is 16.4. The van der Waals surface area contributed by atoms with Crippen molar-refractivity contribution in [2.24, 2.45) is 5.41 Å². The molecule has 1 aromatic carbocycles. The molecule has 1 atom stereocenters. The predicted molar refractivity (Wildman–Crippen MR) is 89.6 cm³/mol. The molecule has 1 aliphatic heterocycles. The van der Waals surface area contributed by atoms with Crippen LogP contribution in [-0.2, 0) is 4.79 Å². The number of hydrogen-bond acceptors (Lipinski definition) is 4. The Bertz CT molecular complexity index is 1080. The summed E-state index contributed by atoms with van der Waals surface area (Å²) in [4.78, 5) is 40.7. The van der Waals surface area contributed by atoms with Gasteiger partial charge in [0, 0.05) is 13.1 Å². The van der Waals surface area contributed by atoms with E-state index < -0.39 is 11.4 Å². The van der Waals surface area contributed by atoms with E-state index in [4.69, 9.17) is 0 Å². The number of carbonyl (C=O) groups excluding carboxylic acids is 1. The van der Waals surface area contributed by atoms with Crippen molar-refractivity contribution in [2.75, 3.05) is 13.1 Å². The maximum absolute atomic E-state index is 12.8. The summed E-state index contributed by atoms with van der Waals surface area (Å²) < 4.78 is 1.52. The minimum Gasteiger partial charge on any atom is -0.481 e. The molecule has 2 aromatic heterocycles. The lowest BCUT2D eigenvalue weighted by molar-refractivity contribution is -0.147. The van der Waals surface area contributed by atoms with E-state index >= 15 is 0 Å². The lowest BCUT2D eigenvalue weighted by Crippen LogP contribution is -2.35. The summed E-state index contributed by atoms with van der Waals surface area (Å²) in [5, 5.41) is 14.0. The third-order valence-electron chi connectivity index (χ3n) is 4.89. The van der Waals surface area contributed by atoms with Crippen molar-refractivity contribution >= 4 is 28.4 Å². The zero-order valence-corrected chi connectivity index (χ0v) is 13.5. The highest BCUT2D eigenvalue weighted by Gasteiger charge is 2.42. The molecule has 0 bridgehead atoms. The molecule has 1 unspecified atom stereocenters. The summed E-state index contributed by atoms with van der Waals surface area (Å²) in [5.41, 5.74) is -0.0553. The molecule has 2 N–H and O–H groups in total. The quantitative estimate of drug-likeness (QED) is 0.727. The lowest BCUT2D eigenvalue weighted by Gasteiger charge is -2.19. The number of nitrogens with one attached hydrogen (secondary N) is 1. The number of carboxylic acids is 1. The van der Waals surface area contributed by atoms with Crippen LogP contribution < -0.4 is 5.56 Å². The van der Waals surface area contributed by atoms with E-state index in [1.54, 1.807) is 31.2 Å². The number of carbonyl (C=O) groups is 2. The lowest BCUT2D eigenvalue weighted by atomic mass is 9.90. The van der Waals surface area contributed by atoms with Crippen molar-refractivity contribution in [3.63, 3.8) is 0 Å². The smallest absolute Gasteiger partial charge is 0.311 e. The summed E-state index contributed by atoms with van der Waals surface area (Å²) in [5.74, 6) is -1.24. The van der Waals surface area contributed by atoms with E-state index in [1.165, 1.54) is 15.6 Å². The van der Waals surface area contributed by atoms with Gasteiger partial charge in [0.25, 0.3) is 11.5 Å². The Morgan fingerprint density at radius 3 is 2.80 bits per heavy atom. The number of amides is 1. The van der Waals surface area contributed by atoms with Crippen LogP contribution in [0.3, 0.4) is 0 Å². The number of carboxylic acid groups (broad SMARTS) is 1. The molecule has 1 saturated heterocycles. The SMILES string of the molecule is CC1(C(=O)O)CCN(C(=O)c2cnn3c2[nH]c(=O)c2ccccc23)C1. The van der Waals surface area contributed by atoms with Gasteiger partial charge in [-0.3, -0.25) is 14.4 Å². The van der Waals surface area contributed by atoms with E-state index in [2.05, 4.69) is 10.1 Å². The van der Waals surface area contributed by atoms with Gasteiger partial charge in [0.05, 0.1) is 22.5 Å². The maximum atomic E-state index is 12.8. The van der Waals surface area contributed by atoms with Crippen LogP contribution in [0.1, 0.15) is 23.7 Å². The number of aliphatic carboxylic acids is 1. The molecule has 0 saturated carbocycles. The summed E-state index contributed by atoms with van der Waals surface area (Å²) in [6.45, 7) is 2.13. The Kier molecular flexibility index (Phi) is 3.18. The zero-order chi connectivity index (χ0) is 17.8. The van der Waals surface area contributed by atoms with Gasteiger partial charge in [-0.2, -0.15) is 5.10 Å². The fourth-order valence-electron chi connectivity index (χ4n) is 3.31. The first kappa shape index (κ1) is 15.4. The molecule has 25 heavy (non-hydrogen) atoms. The van der Waals surface area contributed by atoms with Crippen LogP contribution in [0.25, 0.3) is 16.6 Å². The molecule has 4 rings (SSSR count). The monoisotopic (exact) mass is 340 g/mol. The average Bonchev–Trinajstić information content (AvgIpc) is 3.19. The maximum Gasteiger partial charge on any atom is 0.311 e. The second kappa shape index (κ2) is 5.17. The van der Waals surface area contributed by atoms with Crippen molar-refractivity contribution in [1.82, 2.24) is 19.5 Å². The van der Waals surface area contributed by atoms with Crippen molar-refractivity contribution in [3.05, 3.63) is 46.4 Å². The molecular formula is C17H16N4O4. The van der Waals surface area contributed by atoms with Gasteiger partial charge < -0.3 is 15.0 Å². The topological polar surface area (TPSA) is 108 Å². The Balaban J connectivity index is 1.79. The summed E-state index contributed by atoms with van der Waals surface area (Å²) in [6.07, 6.45) is 1.81. The third kappa shape index (κ3) is 2.21. The van der Waals surface area contributed by atoms with Gasteiger partial charge in [0.15, 0.2) is 0 Å². The molecule has 0 aliphatic carbocycles. The second-order valence-electron chi connectivity index (χ2n) is 6.63. The molecule has 3 aromatic rings. The van der Waals surface area contributed by atoms with Crippen molar-refractivity contribution in [2.45, 2.75) is 13.3 Å². The Morgan fingerprint density at radius 2 is 2.08 bits per heavy atom. The van der Waals surface area contributed by atoms with Gasteiger partial charge >= 0.3 is 5.97 Å². The number of fused-ring (bicyclic) bond motifs is 3. The zero-order valence-electron chi connectivity index (χ0n) is 13.5. The van der Waals surface area contributed by atoms with Gasteiger partial charge in [-0.05, 0) is 25.5 Å². The molecule has 8 heteroatoms. The van der Waals surface area contributed by atoms with E-state index in [9.17, 15) is 19.5 Å². The molecule has 0 radical (unpaired) electrons. The number of benzene rings is 1. The minimum atomic E-state index is -0.946. The highest BCUT2D eigenvalue weighted by Crippen LogP contribution is 2.31. The Hall–Kier alpha value is -3.16. The van der Waals surface area contributed by atoms with Crippen molar-refractivity contribution < 1.29 is 14.7 Å². The Labute approximate surface area is 141 Å². The van der Waals surface area contributed by atoms with Crippen LogP contribution >= 0.6 is 0 Å². The number of aromatic nitrogens is 3. The van der Waals surface area contributed by atoms with Crippen molar-refractivity contribution in [3.8, 4) is 0 Å². The second-order valence-corrected chi connectivity index (χ2v) is 6.63. The fourth-order valence-corrected chi connectivity index (χ4v) is 3.31. The molecule has 1 fully saturated rings. The first-order valence-electron chi connectivity index (χ1n) is 7.92. The van der Waals surface area contributed by atoms with Crippen LogP contribution in [0.4, 0.5) is 0 Å². The molecule has 1 amide bonds. The van der Waals surface area contributed by atoms with Gasteiger partial charge in [-0.15, -0.1) is 0 Å². The molecule has 1 aliphatic rings. The van der Waals surface area contributed by atoms with E-state index in [0.717, 1.165) is 0 Å². The van der Waals surface area contributed by atoms with Crippen LogP contribution in [0.5, 0.6) is 0 Å². The summed E-state index contributed by atoms with van der Waals surface area (Å²) in [6, 6.07) is 7.00. The van der Waals surface area contributed by atoms with Gasteiger partial charge in [-0.25, -0.2) is 4.52 Å².